The molecule has 1 fully saturated rings. The molecule has 0 bridgehead atoms. The van der Waals surface area contributed by atoms with E-state index >= 15 is 0 Å². The molecule has 2 rings (SSSR count). The first-order valence-corrected chi connectivity index (χ1v) is 7.76. The van der Waals surface area contributed by atoms with E-state index in [2.05, 4.69) is 39.5 Å². The average Bonchev–Trinajstić information content (AvgIpc) is 2.69. The molecule has 110 valence electrons. The van der Waals surface area contributed by atoms with E-state index in [0.717, 1.165) is 18.4 Å². The van der Waals surface area contributed by atoms with Crippen LogP contribution in [0.3, 0.4) is 0 Å². The lowest BCUT2D eigenvalue weighted by molar-refractivity contribution is 0.0596. The van der Waals surface area contributed by atoms with Gasteiger partial charge in [0.25, 0.3) is 5.91 Å². The van der Waals surface area contributed by atoms with Crippen molar-refractivity contribution in [3.05, 3.63) is 35.9 Å². The fourth-order valence-corrected chi connectivity index (χ4v) is 3.28. The van der Waals surface area contributed by atoms with E-state index < -0.39 is 0 Å². The first kappa shape index (κ1) is 15.1. The van der Waals surface area contributed by atoms with Crippen LogP contribution < -0.4 is 0 Å². The van der Waals surface area contributed by atoms with Gasteiger partial charge in [0.2, 0.25) is 0 Å². The lowest BCUT2D eigenvalue weighted by Gasteiger charge is -2.33. The Bertz CT molecular complexity index is 466. The van der Waals surface area contributed by atoms with Gasteiger partial charge in [-0.25, -0.2) is 0 Å². The van der Waals surface area contributed by atoms with Gasteiger partial charge in [0, 0.05) is 17.6 Å². The van der Waals surface area contributed by atoms with Gasteiger partial charge in [-0.2, -0.15) is 0 Å². The highest BCUT2D eigenvalue weighted by atomic mass is 16.2. The highest BCUT2D eigenvalue weighted by Gasteiger charge is 2.47. The van der Waals surface area contributed by atoms with Crippen molar-refractivity contribution in [1.29, 1.82) is 0 Å². The van der Waals surface area contributed by atoms with Gasteiger partial charge in [-0.1, -0.05) is 52.3 Å². The van der Waals surface area contributed by atoms with Crippen molar-refractivity contribution in [2.45, 2.75) is 59.5 Å². The molecule has 0 aliphatic carbocycles. The second-order valence-corrected chi connectivity index (χ2v) is 6.90. The van der Waals surface area contributed by atoms with Crippen molar-refractivity contribution in [1.82, 2.24) is 4.90 Å². The molecule has 1 heterocycles. The summed E-state index contributed by atoms with van der Waals surface area (Å²) < 4.78 is 0. The van der Waals surface area contributed by atoms with Crippen molar-refractivity contribution in [3.63, 3.8) is 0 Å². The van der Waals surface area contributed by atoms with Gasteiger partial charge in [0.15, 0.2) is 0 Å². The summed E-state index contributed by atoms with van der Waals surface area (Å²) in [6.45, 7) is 11.2. The maximum Gasteiger partial charge on any atom is 0.254 e. The summed E-state index contributed by atoms with van der Waals surface area (Å²) in [6.07, 6.45) is 2.22. The third-order valence-corrected chi connectivity index (χ3v) is 5.20. The number of hydrogen-bond acceptors (Lipinski definition) is 1. The minimum atomic E-state index is 0.189. The summed E-state index contributed by atoms with van der Waals surface area (Å²) in [5.41, 5.74) is 1.00. The fraction of sp³-hybridized carbons (Fsp3) is 0.611. The van der Waals surface area contributed by atoms with E-state index in [1.165, 1.54) is 0 Å². The number of carbonyl (C=O) groups excluding carboxylic acids is 1. The zero-order chi connectivity index (χ0) is 14.9. The quantitative estimate of drug-likeness (QED) is 0.801. The highest BCUT2D eigenvalue weighted by molar-refractivity contribution is 5.94. The van der Waals surface area contributed by atoms with Crippen LogP contribution in [0.5, 0.6) is 0 Å². The van der Waals surface area contributed by atoms with Crippen LogP contribution in [0, 0.1) is 11.3 Å². The molecule has 20 heavy (non-hydrogen) atoms. The summed E-state index contributed by atoms with van der Waals surface area (Å²) in [5.74, 6) is 0.737. The number of hydrogen-bond donors (Lipinski definition) is 0. The van der Waals surface area contributed by atoms with Crippen LogP contribution in [0.25, 0.3) is 0 Å². The minimum Gasteiger partial charge on any atom is -0.332 e. The Morgan fingerprint density at radius 1 is 1.35 bits per heavy atom. The zero-order valence-electron chi connectivity index (χ0n) is 13.4. The van der Waals surface area contributed by atoms with Crippen LogP contribution >= 0.6 is 0 Å². The zero-order valence-corrected chi connectivity index (χ0v) is 13.4. The van der Waals surface area contributed by atoms with Gasteiger partial charge in [-0.05, 0) is 36.8 Å². The molecular formula is C18H27NO. The normalized spacial score (nSPS) is 26.6. The van der Waals surface area contributed by atoms with Crippen LogP contribution in [0.2, 0.25) is 0 Å². The Labute approximate surface area is 123 Å². The monoisotopic (exact) mass is 273 g/mol. The number of nitrogens with zero attached hydrogens (tertiary/aromatic N) is 1. The Morgan fingerprint density at radius 2 is 1.95 bits per heavy atom. The molecule has 0 N–H and O–H groups in total. The second kappa shape index (κ2) is 5.59. The van der Waals surface area contributed by atoms with Gasteiger partial charge >= 0.3 is 0 Å². The molecule has 1 aliphatic heterocycles. The van der Waals surface area contributed by atoms with Gasteiger partial charge in [-0.15, -0.1) is 0 Å². The van der Waals surface area contributed by atoms with Crippen molar-refractivity contribution in [2.75, 3.05) is 0 Å². The number of likely N-dealkylation sites (tertiary alicyclic amines) is 1. The van der Waals surface area contributed by atoms with Crippen molar-refractivity contribution in [2.24, 2.45) is 11.3 Å². The van der Waals surface area contributed by atoms with Gasteiger partial charge in [-0.3, -0.25) is 4.79 Å². The average molecular weight is 273 g/mol. The van der Waals surface area contributed by atoms with E-state index in [4.69, 9.17) is 0 Å². The molecule has 1 amide bonds. The maximum absolute atomic E-state index is 12.9. The smallest absolute Gasteiger partial charge is 0.254 e. The highest BCUT2D eigenvalue weighted by Crippen LogP contribution is 2.43. The number of benzene rings is 1. The molecule has 3 unspecified atom stereocenters. The Morgan fingerprint density at radius 3 is 2.50 bits per heavy atom. The first-order valence-electron chi connectivity index (χ1n) is 7.76. The predicted molar refractivity (Wildman–Crippen MR) is 83.7 cm³/mol. The van der Waals surface area contributed by atoms with E-state index in [0.29, 0.717) is 12.0 Å². The SMILES string of the molecule is CCC(C)C1CC(C)(C)C(C)N1C(=O)c1ccccc1. The third kappa shape index (κ3) is 2.61. The summed E-state index contributed by atoms with van der Waals surface area (Å²) in [7, 11) is 0. The van der Waals surface area contributed by atoms with Gasteiger partial charge in [0.1, 0.15) is 0 Å². The maximum atomic E-state index is 12.9. The molecular weight excluding hydrogens is 246 g/mol. The molecule has 2 nitrogen and oxygen atoms in total. The molecule has 1 aromatic rings. The summed E-state index contributed by atoms with van der Waals surface area (Å²) in [6, 6.07) is 10.3. The topological polar surface area (TPSA) is 20.3 Å². The molecule has 1 aromatic carbocycles. The first-order chi connectivity index (χ1) is 9.38. The van der Waals surface area contributed by atoms with E-state index in [1.807, 2.05) is 30.3 Å². The largest absolute Gasteiger partial charge is 0.332 e. The Hall–Kier alpha value is -1.31. The van der Waals surface area contributed by atoms with Crippen LogP contribution in [0.15, 0.2) is 30.3 Å². The number of amides is 1. The van der Waals surface area contributed by atoms with Gasteiger partial charge < -0.3 is 4.90 Å². The van der Waals surface area contributed by atoms with E-state index in [9.17, 15) is 4.79 Å². The molecule has 1 saturated heterocycles. The fourth-order valence-electron chi connectivity index (χ4n) is 3.28. The lowest BCUT2D eigenvalue weighted by atomic mass is 9.82. The van der Waals surface area contributed by atoms with E-state index in [1.54, 1.807) is 0 Å². The molecule has 0 radical (unpaired) electrons. The van der Waals surface area contributed by atoms with Crippen molar-refractivity contribution < 1.29 is 4.79 Å². The van der Waals surface area contributed by atoms with Crippen LogP contribution in [-0.2, 0) is 0 Å². The number of carbonyl (C=O) groups is 1. The molecule has 2 heteroatoms. The molecule has 3 atom stereocenters. The van der Waals surface area contributed by atoms with Gasteiger partial charge in [0.05, 0.1) is 0 Å². The summed E-state index contributed by atoms with van der Waals surface area (Å²) in [4.78, 5) is 15.0. The van der Waals surface area contributed by atoms with Crippen molar-refractivity contribution in [3.8, 4) is 0 Å². The third-order valence-electron chi connectivity index (χ3n) is 5.20. The minimum absolute atomic E-state index is 0.189. The molecule has 0 saturated carbocycles. The predicted octanol–water partition coefficient (Wildman–Crippen LogP) is 4.36. The van der Waals surface area contributed by atoms with Crippen LogP contribution in [0.1, 0.15) is 57.8 Å². The molecule has 1 aliphatic rings. The van der Waals surface area contributed by atoms with E-state index in [-0.39, 0.29) is 17.4 Å². The summed E-state index contributed by atoms with van der Waals surface area (Å²) in [5, 5.41) is 0. The molecule has 0 spiro atoms. The Kier molecular flexibility index (Phi) is 4.22. The molecule has 0 aromatic heterocycles. The van der Waals surface area contributed by atoms with Crippen LogP contribution in [0.4, 0.5) is 0 Å². The second-order valence-electron chi connectivity index (χ2n) is 6.90. The summed E-state index contributed by atoms with van der Waals surface area (Å²) >= 11 is 0. The van der Waals surface area contributed by atoms with Crippen molar-refractivity contribution >= 4 is 5.91 Å². The lowest BCUT2D eigenvalue weighted by Crippen LogP contribution is -2.44. The Balaban J connectivity index is 2.33. The standard InChI is InChI=1S/C18H27NO/c1-6-13(2)16-12-18(4,5)14(3)19(16)17(20)15-10-8-7-9-11-15/h7-11,13-14,16H,6,12H2,1-5H3. The number of rotatable bonds is 3. The van der Waals surface area contributed by atoms with Crippen LogP contribution in [-0.4, -0.2) is 22.9 Å².